The summed E-state index contributed by atoms with van der Waals surface area (Å²) in [6.07, 6.45) is 11.0. The molecule has 0 unspecified atom stereocenters. The van der Waals surface area contributed by atoms with E-state index in [1.54, 1.807) is 12.3 Å². The fourth-order valence-electron chi connectivity index (χ4n) is 10.2. The van der Waals surface area contributed by atoms with Gasteiger partial charge in [0.2, 0.25) is 5.71 Å². The Balaban J connectivity index is 0.000000128. The molecule has 1 aliphatic carbocycles. The third-order valence-electron chi connectivity index (χ3n) is 13.7. The summed E-state index contributed by atoms with van der Waals surface area (Å²) in [6, 6.07) is 53.4. The minimum Gasteiger partial charge on any atom is -0.501 e. The van der Waals surface area contributed by atoms with Crippen LogP contribution in [0.5, 0.6) is 0 Å². The van der Waals surface area contributed by atoms with Gasteiger partial charge in [-0.25, -0.2) is 4.98 Å². The minimum atomic E-state index is -2.26. The van der Waals surface area contributed by atoms with Crippen LogP contribution in [0, 0.1) is 52.7 Å². The van der Waals surface area contributed by atoms with Gasteiger partial charge in [0.05, 0.1) is 11.2 Å². The number of fused-ring (bicyclic) bond motifs is 8. The molecule has 356 valence electrons. The largest absolute Gasteiger partial charge is 3.00 e. The van der Waals surface area contributed by atoms with Gasteiger partial charge in [0.1, 0.15) is 5.58 Å². The molecule has 72 heavy (non-hydrogen) atoms. The molecule has 6 aromatic carbocycles. The number of para-hydroxylation sites is 1. The number of benzene rings is 6. The summed E-state index contributed by atoms with van der Waals surface area (Å²) < 4.78 is 34.6. The molecule has 1 aliphatic rings. The van der Waals surface area contributed by atoms with E-state index in [-0.39, 0.29) is 25.8 Å². The minimum absolute atomic E-state index is 0. The Hall–Kier alpha value is -7.31. The number of pyridine rings is 4. The van der Waals surface area contributed by atoms with E-state index in [9.17, 15) is 0 Å². The van der Waals surface area contributed by atoms with Gasteiger partial charge in [0.25, 0.3) is 0 Å². The predicted molar refractivity (Wildman–Crippen MR) is 292 cm³/mol. The molecule has 1 fully saturated rings. The number of aryl methyl sites for hydroxylation is 5. The second-order valence-corrected chi connectivity index (χ2v) is 19.3. The van der Waals surface area contributed by atoms with Crippen LogP contribution in [0.1, 0.15) is 94.6 Å². The molecule has 0 radical (unpaired) electrons. The van der Waals surface area contributed by atoms with E-state index in [1.165, 1.54) is 70.2 Å². The number of nitrogens with zero attached hydrogens (tertiary/aromatic N) is 4. The molecule has 6 heterocycles. The van der Waals surface area contributed by atoms with Crippen LogP contribution in [0.25, 0.3) is 99.3 Å². The maximum atomic E-state index is 7.49. The molecule has 0 spiro atoms. The number of hydrogen-bond acceptors (Lipinski definition) is 6. The van der Waals surface area contributed by atoms with Crippen molar-refractivity contribution in [1.82, 2.24) is 19.9 Å². The summed E-state index contributed by atoms with van der Waals surface area (Å²) in [5, 5.41) is 8.76. The zero-order valence-corrected chi connectivity index (χ0v) is 43.7. The molecule has 0 amide bonds. The molecule has 1 saturated carbocycles. The van der Waals surface area contributed by atoms with Crippen molar-refractivity contribution in [2.24, 2.45) is 0 Å². The predicted octanol–water partition coefficient (Wildman–Crippen LogP) is 17.5. The first-order chi connectivity index (χ1) is 35.7. The van der Waals surface area contributed by atoms with Crippen LogP contribution >= 0.6 is 0 Å². The van der Waals surface area contributed by atoms with Crippen LogP contribution in [-0.4, -0.2) is 19.9 Å². The number of aromatic nitrogens is 4. The Bertz CT molecular complexity index is 4040. The first-order valence-electron chi connectivity index (χ1n) is 26.1. The summed E-state index contributed by atoms with van der Waals surface area (Å²) in [4.78, 5) is 18.0. The third kappa shape index (κ3) is 9.59. The molecule has 0 atom stereocenters. The van der Waals surface area contributed by atoms with Gasteiger partial charge in [-0.3, -0.25) is 0 Å². The van der Waals surface area contributed by atoms with Crippen LogP contribution in [-0.2, 0) is 20.1 Å². The smallest absolute Gasteiger partial charge is 0.501 e. The monoisotopic (exact) mass is 1120 g/mol. The summed E-state index contributed by atoms with van der Waals surface area (Å²) in [5.41, 5.74) is 15.6. The quantitative estimate of drug-likeness (QED) is 0.160. The molecule has 0 N–H and O–H groups in total. The molecule has 12 aromatic rings. The Morgan fingerprint density at radius 3 is 2.12 bits per heavy atom. The van der Waals surface area contributed by atoms with Crippen molar-refractivity contribution >= 4 is 65.6 Å². The van der Waals surface area contributed by atoms with Crippen molar-refractivity contribution in [3.63, 3.8) is 0 Å². The van der Waals surface area contributed by atoms with Crippen LogP contribution in [0.3, 0.4) is 0 Å². The number of rotatable bonds is 5. The fourth-order valence-corrected chi connectivity index (χ4v) is 10.2. The van der Waals surface area contributed by atoms with Gasteiger partial charge in [-0.15, -0.1) is 70.8 Å². The van der Waals surface area contributed by atoms with Crippen molar-refractivity contribution in [1.29, 1.82) is 0 Å². The molecule has 7 heteroatoms. The van der Waals surface area contributed by atoms with E-state index in [1.807, 2.05) is 61.8 Å². The second-order valence-electron chi connectivity index (χ2n) is 19.3. The molecule has 6 nitrogen and oxygen atoms in total. The maximum absolute atomic E-state index is 7.49. The first-order valence-corrected chi connectivity index (χ1v) is 24.6. The molecule has 0 saturated heterocycles. The Kier molecular flexibility index (Phi) is 12.7. The molecule has 0 bridgehead atoms. The van der Waals surface area contributed by atoms with Gasteiger partial charge < -0.3 is 23.8 Å². The van der Waals surface area contributed by atoms with Crippen LogP contribution in [0.4, 0.5) is 0 Å². The SMILES string of the molecule is Cc1[c-]c(-c2nccc3cc(C(C)C)ccc23)c2oc3ccccc3c2c1.Cc1[c-]c(-c2nccc3cc(C4CCCC4)ccc23)cc(C)c1.[2H]C([2H])([2H])c1ccc2c(n1)oc1c(-c3ccc(C)cn3)[c-]ccc12.[Ir+3]. The zero-order valence-electron chi connectivity index (χ0n) is 44.3. The molecular weight excluding hydrogens is 1060 g/mol. The van der Waals surface area contributed by atoms with E-state index >= 15 is 0 Å². The van der Waals surface area contributed by atoms with E-state index in [4.69, 9.17) is 17.9 Å². The van der Waals surface area contributed by atoms with Crippen molar-refractivity contribution in [3.05, 3.63) is 203 Å². The van der Waals surface area contributed by atoms with E-state index in [0.29, 0.717) is 17.2 Å². The Morgan fingerprint density at radius 2 is 1.35 bits per heavy atom. The van der Waals surface area contributed by atoms with E-state index in [2.05, 4.69) is 141 Å². The van der Waals surface area contributed by atoms with Crippen LogP contribution in [0.15, 0.2) is 155 Å². The first kappa shape index (κ1) is 44.6. The van der Waals surface area contributed by atoms with Crippen molar-refractivity contribution in [2.45, 2.75) is 85.9 Å². The van der Waals surface area contributed by atoms with Gasteiger partial charge in [-0.2, -0.15) is 0 Å². The maximum Gasteiger partial charge on any atom is 3.00 e. The van der Waals surface area contributed by atoms with Crippen molar-refractivity contribution < 1.29 is 33.1 Å². The fraction of sp³-hybridized carbons (Fsp3) is 0.200. The Labute approximate surface area is 439 Å². The second kappa shape index (κ2) is 20.4. The topological polar surface area (TPSA) is 77.8 Å². The van der Waals surface area contributed by atoms with Crippen LogP contribution in [0.2, 0.25) is 0 Å². The summed E-state index contributed by atoms with van der Waals surface area (Å²) in [7, 11) is 0. The molecular formula is C65H55IrN4O2. The van der Waals surface area contributed by atoms with Crippen molar-refractivity contribution in [3.8, 4) is 33.8 Å². The summed E-state index contributed by atoms with van der Waals surface area (Å²) in [5.74, 6) is 1.25. The van der Waals surface area contributed by atoms with Gasteiger partial charge in [0.15, 0.2) is 0 Å². The van der Waals surface area contributed by atoms with Crippen LogP contribution < -0.4 is 0 Å². The number of hydrogen-bond donors (Lipinski definition) is 0. The number of furan rings is 2. The van der Waals surface area contributed by atoms with E-state index in [0.717, 1.165) is 88.9 Å². The zero-order chi connectivity index (χ0) is 51.3. The summed E-state index contributed by atoms with van der Waals surface area (Å²) in [6.45, 7) is 10.5. The van der Waals surface area contributed by atoms with Gasteiger partial charge >= 0.3 is 20.1 Å². The average molecular weight is 1120 g/mol. The third-order valence-corrected chi connectivity index (χ3v) is 13.7. The van der Waals surface area contributed by atoms with Gasteiger partial charge in [0, 0.05) is 39.2 Å². The Morgan fingerprint density at radius 1 is 0.611 bits per heavy atom. The standard InChI is InChI=1S/C25H20NO.C22H22N.C18H13N2O.Ir/c1-15(2)17-8-9-19-18(14-17)10-11-26-24(19)22-13-16(3)12-21-20-6-4-5-7-23(20)27-25(21)22;1-15-11-16(2)13-20(12-15)22-21-8-7-18(17-5-3-4-6-17)14-19(21)9-10-23-22;1-11-6-9-16(19-10-11)15-5-3-4-13-14-8-7-12(2)20-18(14)21-17(13)15;/h4-12,14-15H,1-3H3;7-12,14,17H,3-6H2,1-2H3;3-4,6-10H,1-2H3;/q3*-1;+3/i;;2D3;. The van der Waals surface area contributed by atoms with E-state index < -0.39 is 6.85 Å². The normalized spacial score (nSPS) is 13.5. The molecule has 6 aromatic heterocycles. The summed E-state index contributed by atoms with van der Waals surface area (Å²) >= 11 is 0. The average Bonchev–Trinajstić information content (AvgIpc) is 4.19. The van der Waals surface area contributed by atoms with Crippen molar-refractivity contribution in [2.75, 3.05) is 0 Å². The molecule has 0 aliphatic heterocycles. The van der Waals surface area contributed by atoms with Gasteiger partial charge in [-0.05, 0) is 124 Å². The molecule has 13 rings (SSSR count). The van der Waals surface area contributed by atoms with Gasteiger partial charge in [-0.1, -0.05) is 136 Å².